The third kappa shape index (κ3) is 4.56. The highest BCUT2D eigenvalue weighted by Crippen LogP contribution is 2.37. The predicted molar refractivity (Wildman–Crippen MR) is 111 cm³/mol. The molecule has 2 amide bonds. The maximum Gasteiger partial charge on any atom is 0.417 e. The Labute approximate surface area is 183 Å². The van der Waals surface area contributed by atoms with E-state index in [4.69, 9.17) is 4.74 Å². The minimum absolute atomic E-state index is 0.0142. The van der Waals surface area contributed by atoms with Gasteiger partial charge in [-0.3, -0.25) is 14.6 Å². The molecule has 0 aliphatic carbocycles. The van der Waals surface area contributed by atoms with Gasteiger partial charge in [0.15, 0.2) is 0 Å². The molecule has 170 valence electrons. The van der Waals surface area contributed by atoms with E-state index in [2.05, 4.69) is 10.3 Å². The van der Waals surface area contributed by atoms with Crippen molar-refractivity contribution >= 4 is 11.8 Å². The number of alkyl halides is 3. The SMILES string of the molecule is COc1ccc(CC(=O)N2CCC(c3cc(C(F)(F)F)c4c(n3)CCNC4=O)CC2)cc1. The van der Waals surface area contributed by atoms with Crippen molar-refractivity contribution in [2.75, 3.05) is 26.7 Å². The van der Waals surface area contributed by atoms with Crippen LogP contribution in [-0.4, -0.2) is 48.4 Å². The number of piperidine rings is 1. The van der Waals surface area contributed by atoms with Gasteiger partial charge >= 0.3 is 6.18 Å². The molecule has 0 bridgehead atoms. The van der Waals surface area contributed by atoms with Gasteiger partial charge in [-0.15, -0.1) is 0 Å². The zero-order valence-corrected chi connectivity index (χ0v) is 17.7. The minimum atomic E-state index is -4.63. The van der Waals surface area contributed by atoms with Gasteiger partial charge in [0, 0.05) is 37.7 Å². The molecule has 1 N–H and O–H groups in total. The van der Waals surface area contributed by atoms with Crippen LogP contribution in [-0.2, 0) is 23.8 Å². The zero-order chi connectivity index (χ0) is 22.9. The second-order valence-electron chi connectivity index (χ2n) is 8.10. The molecule has 0 saturated carbocycles. The smallest absolute Gasteiger partial charge is 0.417 e. The summed E-state index contributed by atoms with van der Waals surface area (Å²) in [6, 6.07) is 8.30. The summed E-state index contributed by atoms with van der Waals surface area (Å²) in [6.07, 6.45) is -3.03. The fourth-order valence-corrected chi connectivity index (χ4v) is 4.32. The number of carbonyl (C=O) groups is 2. The van der Waals surface area contributed by atoms with Crippen molar-refractivity contribution in [1.29, 1.82) is 0 Å². The van der Waals surface area contributed by atoms with E-state index in [0.29, 0.717) is 31.6 Å². The number of amides is 2. The molecule has 1 aromatic heterocycles. The number of nitrogens with zero attached hydrogens (tertiary/aromatic N) is 2. The topological polar surface area (TPSA) is 71.5 Å². The van der Waals surface area contributed by atoms with Gasteiger partial charge < -0.3 is 15.0 Å². The summed E-state index contributed by atoms with van der Waals surface area (Å²) in [5.41, 5.74) is 0.152. The van der Waals surface area contributed by atoms with Crippen molar-refractivity contribution in [3.05, 3.63) is 58.4 Å². The van der Waals surface area contributed by atoms with E-state index >= 15 is 0 Å². The second-order valence-corrected chi connectivity index (χ2v) is 8.10. The van der Waals surface area contributed by atoms with Crippen LogP contribution in [0.2, 0.25) is 0 Å². The van der Waals surface area contributed by atoms with E-state index in [9.17, 15) is 22.8 Å². The number of fused-ring (bicyclic) bond motifs is 1. The van der Waals surface area contributed by atoms with Gasteiger partial charge in [-0.1, -0.05) is 12.1 Å². The number of rotatable bonds is 4. The highest BCUT2D eigenvalue weighted by Gasteiger charge is 2.39. The molecule has 0 atom stereocenters. The normalized spacial score (nSPS) is 17.0. The molecule has 4 rings (SSSR count). The molecule has 2 aliphatic rings. The molecule has 9 heteroatoms. The Kier molecular flexibility index (Phi) is 6.08. The van der Waals surface area contributed by atoms with E-state index in [-0.39, 0.29) is 42.5 Å². The van der Waals surface area contributed by atoms with Crippen molar-refractivity contribution in [1.82, 2.24) is 15.2 Å². The summed E-state index contributed by atoms with van der Waals surface area (Å²) in [5, 5.41) is 2.46. The molecule has 6 nitrogen and oxygen atoms in total. The second kappa shape index (κ2) is 8.80. The number of hydrogen-bond donors (Lipinski definition) is 1. The van der Waals surface area contributed by atoms with E-state index in [0.717, 1.165) is 17.4 Å². The number of benzene rings is 1. The van der Waals surface area contributed by atoms with Crippen LogP contribution in [0.4, 0.5) is 13.2 Å². The summed E-state index contributed by atoms with van der Waals surface area (Å²) in [6.45, 7) is 1.19. The maximum absolute atomic E-state index is 13.7. The number of methoxy groups -OCH3 is 1. The molecular weight excluding hydrogens is 423 g/mol. The number of halogens is 3. The molecule has 0 unspecified atom stereocenters. The number of ether oxygens (including phenoxy) is 1. The first kappa shape index (κ1) is 22.1. The lowest BCUT2D eigenvalue weighted by atomic mass is 9.89. The standard InChI is InChI=1S/C23H24F3N3O3/c1-32-16-4-2-14(3-5-16)12-20(30)29-10-7-15(8-11-29)19-13-17(23(24,25)26)21-18(28-19)6-9-27-22(21)31/h2-5,13,15H,6-12H2,1H3,(H,27,31). The summed E-state index contributed by atoms with van der Waals surface area (Å²) >= 11 is 0. The molecule has 32 heavy (non-hydrogen) atoms. The molecule has 1 fully saturated rings. The van der Waals surface area contributed by atoms with Crippen LogP contribution in [0.3, 0.4) is 0 Å². The third-order valence-electron chi connectivity index (χ3n) is 6.07. The van der Waals surface area contributed by atoms with Gasteiger partial charge in [0.2, 0.25) is 5.91 Å². The average Bonchev–Trinajstić information content (AvgIpc) is 2.78. The number of nitrogens with one attached hydrogen (secondary N) is 1. The zero-order valence-electron chi connectivity index (χ0n) is 17.7. The molecule has 0 radical (unpaired) electrons. The van der Waals surface area contributed by atoms with Crippen LogP contribution in [0.5, 0.6) is 5.75 Å². The summed E-state index contributed by atoms with van der Waals surface area (Å²) in [4.78, 5) is 30.9. The molecule has 0 spiro atoms. The van der Waals surface area contributed by atoms with Crippen LogP contribution in [0.1, 0.15) is 51.6 Å². The Balaban J connectivity index is 1.46. The first-order valence-electron chi connectivity index (χ1n) is 10.6. The van der Waals surface area contributed by atoms with E-state index in [1.807, 2.05) is 12.1 Å². The molecule has 2 aliphatic heterocycles. The Morgan fingerprint density at radius 1 is 1.22 bits per heavy atom. The Morgan fingerprint density at radius 2 is 1.91 bits per heavy atom. The van der Waals surface area contributed by atoms with Gasteiger partial charge in [0.25, 0.3) is 5.91 Å². The molecule has 2 aromatic rings. The molecule has 1 aromatic carbocycles. The van der Waals surface area contributed by atoms with Gasteiger partial charge in [0.1, 0.15) is 5.75 Å². The van der Waals surface area contributed by atoms with E-state index in [1.165, 1.54) is 0 Å². The van der Waals surface area contributed by atoms with Crippen molar-refractivity contribution in [3.63, 3.8) is 0 Å². The monoisotopic (exact) mass is 447 g/mol. The lowest BCUT2D eigenvalue weighted by Crippen LogP contribution is -2.39. The fourth-order valence-electron chi connectivity index (χ4n) is 4.32. The van der Waals surface area contributed by atoms with Crippen molar-refractivity contribution in [3.8, 4) is 5.75 Å². The van der Waals surface area contributed by atoms with Crippen molar-refractivity contribution < 1.29 is 27.5 Å². The van der Waals surface area contributed by atoms with Gasteiger partial charge in [-0.05, 0) is 36.6 Å². The number of likely N-dealkylation sites (tertiary alicyclic amines) is 1. The maximum atomic E-state index is 13.7. The highest BCUT2D eigenvalue weighted by molar-refractivity contribution is 5.98. The van der Waals surface area contributed by atoms with E-state index in [1.54, 1.807) is 24.1 Å². The fraction of sp³-hybridized carbons (Fsp3) is 0.435. The lowest BCUT2D eigenvalue weighted by Gasteiger charge is -2.33. The van der Waals surface area contributed by atoms with Crippen LogP contribution < -0.4 is 10.1 Å². The van der Waals surface area contributed by atoms with Gasteiger partial charge in [0.05, 0.1) is 30.4 Å². The van der Waals surface area contributed by atoms with Gasteiger partial charge in [-0.25, -0.2) is 0 Å². The quantitative estimate of drug-likeness (QED) is 0.781. The summed E-state index contributed by atoms with van der Waals surface area (Å²) in [5.74, 6) is -0.206. The van der Waals surface area contributed by atoms with Crippen LogP contribution >= 0.6 is 0 Å². The van der Waals surface area contributed by atoms with Crippen LogP contribution in [0.15, 0.2) is 30.3 Å². The number of carbonyl (C=O) groups excluding carboxylic acids is 2. The lowest BCUT2D eigenvalue weighted by molar-refractivity contribution is -0.138. The molecule has 1 saturated heterocycles. The Morgan fingerprint density at radius 3 is 2.53 bits per heavy atom. The summed E-state index contributed by atoms with van der Waals surface area (Å²) < 4.78 is 46.1. The van der Waals surface area contributed by atoms with Crippen LogP contribution in [0.25, 0.3) is 0 Å². The first-order chi connectivity index (χ1) is 15.3. The Bertz CT molecular complexity index is 1010. The Hall–Kier alpha value is -3.10. The third-order valence-corrected chi connectivity index (χ3v) is 6.07. The van der Waals surface area contributed by atoms with Crippen molar-refractivity contribution in [2.45, 2.75) is 37.8 Å². The molecule has 3 heterocycles. The van der Waals surface area contributed by atoms with Crippen LogP contribution in [0, 0.1) is 0 Å². The largest absolute Gasteiger partial charge is 0.497 e. The van der Waals surface area contributed by atoms with E-state index < -0.39 is 17.6 Å². The van der Waals surface area contributed by atoms with Gasteiger partial charge in [-0.2, -0.15) is 13.2 Å². The average molecular weight is 447 g/mol. The number of aromatic nitrogens is 1. The minimum Gasteiger partial charge on any atom is -0.497 e. The predicted octanol–water partition coefficient (Wildman–Crippen LogP) is 3.34. The molecular formula is C23H24F3N3O3. The highest BCUT2D eigenvalue weighted by atomic mass is 19.4. The number of hydrogen-bond acceptors (Lipinski definition) is 4. The summed E-state index contributed by atoms with van der Waals surface area (Å²) in [7, 11) is 1.58. The van der Waals surface area contributed by atoms with Crippen molar-refractivity contribution in [2.24, 2.45) is 0 Å². The first-order valence-corrected chi connectivity index (χ1v) is 10.6. The number of pyridine rings is 1.